The van der Waals surface area contributed by atoms with Crippen LogP contribution in [0.2, 0.25) is 0 Å². The molecule has 1 saturated carbocycles. The maximum atomic E-state index is 14.2. The minimum Gasteiger partial charge on any atom is -0.352 e. The van der Waals surface area contributed by atoms with E-state index in [0.717, 1.165) is 60.5 Å². The maximum absolute atomic E-state index is 14.2. The van der Waals surface area contributed by atoms with Crippen molar-refractivity contribution in [3.63, 3.8) is 0 Å². The van der Waals surface area contributed by atoms with Gasteiger partial charge in [0.15, 0.2) is 0 Å². The quantitative estimate of drug-likeness (QED) is 0.255. The van der Waals surface area contributed by atoms with Crippen LogP contribution in [0.5, 0.6) is 0 Å². The number of halogens is 4. The first kappa shape index (κ1) is 33.5. The number of amides is 2. The molecule has 0 heterocycles. The molecule has 0 aliphatic heterocycles. The van der Waals surface area contributed by atoms with Gasteiger partial charge in [-0.1, -0.05) is 83.7 Å². The van der Waals surface area contributed by atoms with Gasteiger partial charge < -0.3 is 10.2 Å². The average Bonchev–Trinajstić information content (AvgIpc) is 2.98. The Labute approximate surface area is 264 Å². The Hall–Kier alpha value is -3.38. The SMILES string of the molecule is CS(=O)(=O)N(CC(=O)N(Cc1ccc(Br)cc1)[C@@H](Cc1ccccc1)C(=O)NC1CCCCC1)c1cccc(C(F)(F)F)c1. The lowest BCUT2D eigenvalue weighted by Crippen LogP contribution is -2.55. The molecule has 4 rings (SSSR count). The van der Waals surface area contributed by atoms with Crippen molar-refractivity contribution in [1.29, 1.82) is 0 Å². The van der Waals surface area contributed by atoms with E-state index in [9.17, 15) is 31.2 Å². The number of carbonyl (C=O) groups excluding carboxylic acids is 2. The van der Waals surface area contributed by atoms with E-state index in [2.05, 4.69) is 21.2 Å². The zero-order chi connectivity index (χ0) is 31.9. The summed E-state index contributed by atoms with van der Waals surface area (Å²) in [5.74, 6) is -1.09. The summed E-state index contributed by atoms with van der Waals surface area (Å²) >= 11 is 3.39. The highest BCUT2D eigenvalue weighted by Crippen LogP contribution is 2.32. The van der Waals surface area contributed by atoms with Crippen molar-refractivity contribution >= 4 is 43.5 Å². The summed E-state index contributed by atoms with van der Waals surface area (Å²) in [6.07, 6.45) is 0.969. The summed E-state index contributed by atoms with van der Waals surface area (Å²) in [4.78, 5) is 29.4. The van der Waals surface area contributed by atoms with Crippen molar-refractivity contribution in [2.45, 2.75) is 63.3 Å². The van der Waals surface area contributed by atoms with Gasteiger partial charge in [0, 0.05) is 23.5 Å². The van der Waals surface area contributed by atoms with E-state index in [-0.39, 0.29) is 30.6 Å². The lowest BCUT2D eigenvalue weighted by atomic mass is 9.94. The smallest absolute Gasteiger partial charge is 0.352 e. The Kier molecular flexibility index (Phi) is 11.1. The predicted molar refractivity (Wildman–Crippen MR) is 167 cm³/mol. The van der Waals surface area contributed by atoms with Crippen molar-refractivity contribution in [2.75, 3.05) is 17.1 Å². The molecular weight excluding hydrogens is 659 g/mol. The highest BCUT2D eigenvalue weighted by atomic mass is 79.9. The van der Waals surface area contributed by atoms with Crippen LogP contribution in [0.15, 0.2) is 83.3 Å². The van der Waals surface area contributed by atoms with Crippen molar-refractivity contribution in [3.05, 3.63) is 100 Å². The minimum absolute atomic E-state index is 0.0259. The molecule has 2 amide bonds. The molecule has 3 aromatic rings. The van der Waals surface area contributed by atoms with E-state index in [1.54, 1.807) is 24.3 Å². The molecule has 0 bridgehead atoms. The number of sulfonamides is 1. The number of nitrogens with one attached hydrogen (secondary N) is 1. The number of anilines is 1. The van der Waals surface area contributed by atoms with E-state index in [0.29, 0.717) is 15.9 Å². The van der Waals surface area contributed by atoms with Gasteiger partial charge in [0.25, 0.3) is 0 Å². The van der Waals surface area contributed by atoms with Crippen molar-refractivity contribution in [3.8, 4) is 0 Å². The second-order valence-corrected chi connectivity index (χ2v) is 13.8. The van der Waals surface area contributed by atoms with E-state index in [1.165, 1.54) is 11.0 Å². The molecule has 236 valence electrons. The van der Waals surface area contributed by atoms with Crippen LogP contribution in [0.4, 0.5) is 18.9 Å². The second kappa shape index (κ2) is 14.6. The average molecular weight is 695 g/mol. The summed E-state index contributed by atoms with van der Waals surface area (Å²) in [5.41, 5.74) is 0.139. The molecule has 1 aliphatic carbocycles. The Morgan fingerprint density at radius 3 is 2.20 bits per heavy atom. The fraction of sp³-hybridized carbons (Fsp3) is 0.375. The van der Waals surface area contributed by atoms with Crippen LogP contribution in [-0.4, -0.2) is 50.0 Å². The van der Waals surface area contributed by atoms with E-state index < -0.39 is 40.3 Å². The molecule has 3 aromatic carbocycles. The van der Waals surface area contributed by atoms with Gasteiger partial charge in [-0.3, -0.25) is 13.9 Å². The standard InChI is InChI=1S/C32H35BrF3N3O4S/c1-44(42,43)39(28-14-8-11-25(20-28)32(34,35)36)22-30(40)38(21-24-15-17-26(33)18-16-24)29(19-23-9-4-2-5-10-23)31(41)37-27-12-6-3-7-13-27/h2,4-5,8-11,14-18,20,27,29H,3,6-7,12-13,19,21-22H2,1H3,(H,37,41)/t29-/m0/s1. The molecule has 0 unspecified atom stereocenters. The van der Waals surface area contributed by atoms with E-state index in [1.807, 2.05) is 30.3 Å². The van der Waals surface area contributed by atoms with Crippen molar-refractivity contribution in [2.24, 2.45) is 0 Å². The lowest BCUT2D eigenvalue weighted by molar-refractivity contribution is -0.140. The topological polar surface area (TPSA) is 86.8 Å². The van der Waals surface area contributed by atoms with Crippen LogP contribution in [0, 0.1) is 0 Å². The maximum Gasteiger partial charge on any atom is 0.416 e. The largest absolute Gasteiger partial charge is 0.416 e. The molecule has 1 N–H and O–H groups in total. The molecule has 7 nitrogen and oxygen atoms in total. The predicted octanol–water partition coefficient (Wildman–Crippen LogP) is 6.32. The molecule has 0 aromatic heterocycles. The van der Waals surface area contributed by atoms with Crippen molar-refractivity contribution < 1.29 is 31.2 Å². The van der Waals surface area contributed by atoms with Gasteiger partial charge in [-0.05, 0) is 54.3 Å². The van der Waals surface area contributed by atoms with Crippen LogP contribution in [0.3, 0.4) is 0 Å². The lowest BCUT2D eigenvalue weighted by Gasteiger charge is -2.35. The zero-order valence-electron chi connectivity index (χ0n) is 24.3. The number of carbonyl (C=O) groups is 2. The van der Waals surface area contributed by atoms with Gasteiger partial charge in [-0.15, -0.1) is 0 Å². The first-order valence-electron chi connectivity index (χ1n) is 14.3. The van der Waals surface area contributed by atoms with Gasteiger partial charge in [0.05, 0.1) is 17.5 Å². The summed E-state index contributed by atoms with van der Waals surface area (Å²) < 4.78 is 67.7. The van der Waals surface area contributed by atoms with E-state index >= 15 is 0 Å². The van der Waals surface area contributed by atoms with Crippen molar-refractivity contribution in [1.82, 2.24) is 10.2 Å². The summed E-state index contributed by atoms with van der Waals surface area (Å²) in [6, 6.07) is 19.1. The number of alkyl halides is 3. The highest BCUT2D eigenvalue weighted by molar-refractivity contribution is 9.10. The molecule has 12 heteroatoms. The van der Waals surface area contributed by atoms with Crippen LogP contribution >= 0.6 is 15.9 Å². The first-order valence-corrected chi connectivity index (χ1v) is 17.0. The summed E-state index contributed by atoms with van der Waals surface area (Å²) in [7, 11) is -4.20. The third-order valence-electron chi connectivity index (χ3n) is 7.63. The molecule has 0 radical (unpaired) electrons. The van der Waals surface area contributed by atoms with Gasteiger partial charge in [0.1, 0.15) is 12.6 Å². The molecule has 1 aliphatic rings. The monoisotopic (exact) mass is 693 g/mol. The molecule has 1 atom stereocenters. The number of hydrogen-bond donors (Lipinski definition) is 1. The van der Waals surface area contributed by atoms with Crippen LogP contribution in [0.1, 0.15) is 48.8 Å². The number of rotatable bonds is 11. The second-order valence-electron chi connectivity index (χ2n) is 11.0. The Balaban J connectivity index is 1.73. The number of benzene rings is 3. The Morgan fingerprint density at radius 2 is 1.59 bits per heavy atom. The fourth-order valence-corrected chi connectivity index (χ4v) is 6.44. The van der Waals surface area contributed by atoms with Crippen LogP contribution < -0.4 is 9.62 Å². The first-order chi connectivity index (χ1) is 20.8. The highest BCUT2D eigenvalue weighted by Gasteiger charge is 2.35. The van der Waals surface area contributed by atoms with Gasteiger partial charge in [0.2, 0.25) is 21.8 Å². The zero-order valence-corrected chi connectivity index (χ0v) is 26.7. The van der Waals surface area contributed by atoms with Crippen LogP contribution in [-0.2, 0) is 38.8 Å². The third-order valence-corrected chi connectivity index (χ3v) is 9.30. The van der Waals surface area contributed by atoms with Gasteiger partial charge in [-0.2, -0.15) is 13.2 Å². The third kappa shape index (κ3) is 9.31. The Morgan fingerprint density at radius 1 is 0.932 bits per heavy atom. The van der Waals surface area contributed by atoms with Gasteiger partial charge in [-0.25, -0.2) is 8.42 Å². The molecule has 0 saturated heterocycles. The number of hydrogen-bond acceptors (Lipinski definition) is 4. The number of nitrogens with zero attached hydrogens (tertiary/aromatic N) is 2. The normalized spacial score (nSPS) is 14.9. The van der Waals surface area contributed by atoms with E-state index in [4.69, 9.17) is 0 Å². The summed E-state index contributed by atoms with van der Waals surface area (Å²) in [6.45, 7) is -0.819. The molecule has 44 heavy (non-hydrogen) atoms. The fourth-order valence-electron chi connectivity index (χ4n) is 5.34. The molecule has 1 fully saturated rings. The minimum atomic E-state index is -4.71. The molecular formula is C32H35BrF3N3O4S. The summed E-state index contributed by atoms with van der Waals surface area (Å²) in [5, 5.41) is 3.11. The van der Waals surface area contributed by atoms with Crippen LogP contribution in [0.25, 0.3) is 0 Å². The van der Waals surface area contributed by atoms with Gasteiger partial charge >= 0.3 is 6.18 Å². The molecule has 0 spiro atoms. The Bertz CT molecular complexity index is 1530.